The van der Waals surface area contributed by atoms with Crippen LogP contribution in [-0.4, -0.2) is 29.4 Å². The van der Waals surface area contributed by atoms with Crippen LogP contribution in [0.1, 0.15) is 64.7 Å². The van der Waals surface area contributed by atoms with Crippen LogP contribution in [0.4, 0.5) is 0 Å². The number of unbranched alkanes of at least 4 members (excludes halogenated alkanes) is 6. The van der Waals surface area contributed by atoms with E-state index in [9.17, 15) is 0 Å². The van der Waals surface area contributed by atoms with Crippen LogP contribution in [0.15, 0.2) is 0 Å². The quantitative estimate of drug-likeness (QED) is 0.397. The lowest BCUT2D eigenvalue weighted by molar-refractivity contribution is 0.273. The van der Waals surface area contributed by atoms with Gasteiger partial charge in [0.1, 0.15) is 0 Å². The van der Waals surface area contributed by atoms with Gasteiger partial charge in [-0.15, -0.1) is 0 Å². The standard InChI is InChI=1S/C14H28BrN/c1-2-3-4-5-6-7-8-12-16(13-11-15)14-9-10-14/h14H,2-13H2,1H3. The minimum Gasteiger partial charge on any atom is -0.300 e. The third-order valence-corrected chi connectivity index (χ3v) is 3.84. The lowest BCUT2D eigenvalue weighted by atomic mass is 10.1. The minimum absolute atomic E-state index is 0.942. The highest BCUT2D eigenvalue weighted by molar-refractivity contribution is 9.09. The van der Waals surface area contributed by atoms with Crippen LogP contribution in [0.3, 0.4) is 0 Å². The normalized spacial score (nSPS) is 15.9. The second kappa shape index (κ2) is 9.47. The van der Waals surface area contributed by atoms with E-state index < -0.39 is 0 Å². The minimum atomic E-state index is 0.942. The van der Waals surface area contributed by atoms with Gasteiger partial charge in [0.2, 0.25) is 0 Å². The van der Waals surface area contributed by atoms with Gasteiger partial charge in [-0.05, 0) is 25.8 Å². The van der Waals surface area contributed by atoms with Crippen LogP contribution in [0.25, 0.3) is 0 Å². The van der Waals surface area contributed by atoms with Crippen molar-refractivity contribution in [1.29, 1.82) is 0 Å². The van der Waals surface area contributed by atoms with Crippen molar-refractivity contribution in [2.45, 2.75) is 70.8 Å². The molecule has 0 bridgehead atoms. The van der Waals surface area contributed by atoms with Gasteiger partial charge in [0.05, 0.1) is 0 Å². The van der Waals surface area contributed by atoms with E-state index in [2.05, 4.69) is 27.8 Å². The Kier molecular flexibility index (Phi) is 8.58. The molecule has 0 spiro atoms. The van der Waals surface area contributed by atoms with E-state index in [0.29, 0.717) is 0 Å². The van der Waals surface area contributed by atoms with E-state index in [-0.39, 0.29) is 0 Å². The van der Waals surface area contributed by atoms with E-state index in [1.807, 2.05) is 0 Å². The van der Waals surface area contributed by atoms with E-state index in [1.165, 1.54) is 70.9 Å². The monoisotopic (exact) mass is 289 g/mol. The Morgan fingerprint density at radius 3 is 2.12 bits per heavy atom. The van der Waals surface area contributed by atoms with Crippen LogP contribution in [0, 0.1) is 0 Å². The van der Waals surface area contributed by atoms with Crippen molar-refractivity contribution in [3.63, 3.8) is 0 Å². The second-order valence-electron chi connectivity index (χ2n) is 5.08. The summed E-state index contributed by atoms with van der Waals surface area (Å²) in [4.78, 5) is 2.68. The van der Waals surface area contributed by atoms with Gasteiger partial charge in [-0.25, -0.2) is 0 Å². The zero-order valence-electron chi connectivity index (χ0n) is 10.9. The SMILES string of the molecule is CCCCCCCCCN(CCBr)C1CC1. The lowest BCUT2D eigenvalue weighted by Crippen LogP contribution is -2.29. The Hall–Kier alpha value is 0.440. The average Bonchev–Trinajstić information content (AvgIpc) is 3.10. The molecule has 0 saturated heterocycles. The molecule has 1 rings (SSSR count). The van der Waals surface area contributed by atoms with Gasteiger partial charge in [-0.3, -0.25) is 4.90 Å². The Bertz CT molecular complexity index is 157. The molecule has 1 nitrogen and oxygen atoms in total. The maximum atomic E-state index is 3.56. The zero-order chi connectivity index (χ0) is 11.6. The third kappa shape index (κ3) is 6.90. The van der Waals surface area contributed by atoms with Gasteiger partial charge < -0.3 is 0 Å². The lowest BCUT2D eigenvalue weighted by Gasteiger charge is -2.20. The van der Waals surface area contributed by atoms with Crippen LogP contribution >= 0.6 is 15.9 Å². The molecule has 0 heterocycles. The molecule has 16 heavy (non-hydrogen) atoms. The van der Waals surface area contributed by atoms with Crippen molar-refractivity contribution in [1.82, 2.24) is 4.90 Å². The fourth-order valence-corrected chi connectivity index (χ4v) is 2.75. The Labute approximate surface area is 110 Å². The van der Waals surface area contributed by atoms with Gasteiger partial charge in [0.15, 0.2) is 0 Å². The number of rotatable bonds is 11. The zero-order valence-corrected chi connectivity index (χ0v) is 12.5. The van der Waals surface area contributed by atoms with Crippen LogP contribution in [-0.2, 0) is 0 Å². The number of hydrogen-bond donors (Lipinski definition) is 0. The Morgan fingerprint density at radius 2 is 1.56 bits per heavy atom. The summed E-state index contributed by atoms with van der Waals surface area (Å²) in [6.07, 6.45) is 12.9. The van der Waals surface area contributed by atoms with E-state index in [4.69, 9.17) is 0 Å². The number of alkyl halides is 1. The fourth-order valence-electron chi connectivity index (χ4n) is 2.30. The summed E-state index contributed by atoms with van der Waals surface area (Å²) in [6, 6.07) is 0.942. The molecule has 1 fully saturated rings. The molecular weight excluding hydrogens is 262 g/mol. The highest BCUT2D eigenvalue weighted by Gasteiger charge is 2.27. The molecule has 1 aliphatic rings. The summed E-state index contributed by atoms with van der Waals surface area (Å²) in [7, 11) is 0. The molecule has 0 atom stereocenters. The molecule has 0 unspecified atom stereocenters. The maximum Gasteiger partial charge on any atom is 0.0159 e. The highest BCUT2D eigenvalue weighted by Crippen LogP contribution is 2.27. The molecule has 2 heteroatoms. The maximum absolute atomic E-state index is 3.56. The number of halogens is 1. The summed E-state index contributed by atoms with van der Waals surface area (Å²) in [6.45, 7) is 4.87. The molecule has 96 valence electrons. The van der Waals surface area contributed by atoms with Crippen molar-refractivity contribution in [3.8, 4) is 0 Å². The van der Waals surface area contributed by atoms with Crippen molar-refractivity contribution < 1.29 is 0 Å². The molecule has 1 aliphatic carbocycles. The van der Waals surface area contributed by atoms with Crippen molar-refractivity contribution >= 4 is 15.9 Å². The summed E-state index contributed by atoms with van der Waals surface area (Å²) in [5.74, 6) is 0. The molecule has 1 saturated carbocycles. The summed E-state index contributed by atoms with van der Waals surface area (Å²) in [5.41, 5.74) is 0. The third-order valence-electron chi connectivity index (χ3n) is 3.48. The first-order chi connectivity index (χ1) is 7.88. The Balaban J connectivity index is 1.88. The van der Waals surface area contributed by atoms with Crippen LogP contribution in [0.5, 0.6) is 0 Å². The predicted octanol–water partition coefficient (Wildman–Crippen LogP) is 4.60. The summed E-state index contributed by atoms with van der Waals surface area (Å²) < 4.78 is 0. The van der Waals surface area contributed by atoms with Crippen molar-refractivity contribution in [3.05, 3.63) is 0 Å². The first kappa shape index (κ1) is 14.5. The van der Waals surface area contributed by atoms with Gasteiger partial charge in [-0.2, -0.15) is 0 Å². The molecule has 0 aromatic rings. The van der Waals surface area contributed by atoms with E-state index in [0.717, 1.165) is 11.4 Å². The first-order valence-electron chi connectivity index (χ1n) is 7.18. The predicted molar refractivity (Wildman–Crippen MR) is 76.4 cm³/mol. The van der Waals surface area contributed by atoms with Gasteiger partial charge in [-0.1, -0.05) is 61.4 Å². The molecule has 0 aromatic carbocycles. The molecule has 0 aliphatic heterocycles. The molecule has 0 aromatic heterocycles. The van der Waals surface area contributed by atoms with Crippen LogP contribution < -0.4 is 0 Å². The second-order valence-corrected chi connectivity index (χ2v) is 5.87. The molecule has 0 N–H and O–H groups in total. The number of hydrogen-bond acceptors (Lipinski definition) is 1. The molecule has 0 amide bonds. The first-order valence-corrected chi connectivity index (χ1v) is 8.30. The van der Waals surface area contributed by atoms with Gasteiger partial charge in [0.25, 0.3) is 0 Å². The molecule has 0 radical (unpaired) electrons. The van der Waals surface area contributed by atoms with Gasteiger partial charge >= 0.3 is 0 Å². The van der Waals surface area contributed by atoms with E-state index in [1.54, 1.807) is 0 Å². The van der Waals surface area contributed by atoms with Crippen LogP contribution in [0.2, 0.25) is 0 Å². The van der Waals surface area contributed by atoms with Gasteiger partial charge in [0, 0.05) is 17.9 Å². The summed E-state index contributed by atoms with van der Waals surface area (Å²) >= 11 is 3.56. The summed E-state index contributed by atoms with van der Waals surface area (Å²) in [5, 5.41) is 1.14. The van der Waals surface area contributed by atoms with Crippen molar-refractivity contribution in [2.24, 2.45) is 0 Å². The fraction of sp³-hybridized carbons (Fsp3) is 1.00. The number of nitrogens with zero attached hydrogens (tertiary/aromatic N) is 1. The smallest absolute Gasteiger partial charge is 0.0159 e. The van der Waals surface area contributed by atoms with Crippen molar-refractivity contribution in [2.75, 3.05) is 18.4 Å². The average molecular weight is 290 g/mol. The Morgan fingerprint density at radius 1 is 0.938 bits per heavy atom. The van der Waals surface area contributed by atoms with E-state index >= 15 is 0 Å². The highest BCUT2D eigenvalue weighted by atomic mass is 79.9. The topological polar surface area (TPSA) is 3.24 Å². The largest absolute Gasteiger partial charge is 0.300 e. The molecular formula is C14H28BrN.